The van der Waals surface area contributed by atoms with Gasteiger partial charge in [-0.25, -0.2) is 14.0 Å². The minimum absolute atomic E-state index is 0.0950. The van der Waals surface area contributed by atoms with Gasteiger partial charge in [-0.15, -0.1) is 0 Å². The summed E-state index contributed by atoms with van der Waals surface area (Å²) in [6, 6.07) is 10.00. The fraction of sp³-hybridized carbons (Fsp3) is 0.300. The van der Waals surface area contributed by atoms with E-state index in [0.29, 0.717) is 17.0 Å². The van der Waals surface area contributed by atoms with Crippen LogP contribution >= 0.6 is 15.9 Å². The molecule has 0 heterocycles. The van der Waals surface area contributed by atoms with Crippen molar-refractivity contribution >= 4 is 27.9 Å². The molecule has 6 heteroatoms. The average Bonchev–Trinajstić information content (AvgIpc) is 2.60. The first kappa shape index (κ1) is 20.1. The predicted molar refractivity (Wildman–Crippen MR) is 99.9 cm³/mol. The molecule has 4 nitrogen and oxygen atoms in total. The van der Waals surface area contributed by atoms with Crippen molar-refractivity contribution in [3.63, 3.8) is 0 Å². The lowest BCUT2D eigenvalue weighted by Gasteiger charge is -2.11. The molecule has 0 bridgehead atoms. The molecule has 0 aliphatic heterocycles. The first-order valence-corrected chi connectivity index (χ1v) is 9.11. The molecule has 2 aromatic carbocycles. The molecule has 0 atom stereocenters. The van der Waals surface area contributed by atoms with Crippen molar-refractivity contribution in [3.05, 3.63) is 63.9 Å². The third-order valence-electron chi connectivity index (χ3n) is 3.62. The Bertz CT molecular complexity index is 789. The Morgan fingerprint density at radius 2 is 1.73 bits per heavy atom. The number of hydrogen-bond donors (Lipinski definition) is 0. The van der Waals surface area contributed by atoms with Crippen molar-refractivity contribution in [1.29, 1.82) is 0 Å². The third kappa shape index (κ3) is 5.66. The first-order chi connectivity index (χ1) is 12.4. The van der Waals surface area contributed by atoms with Crippen LogP contribution in [0.15, 0.2) is 46.9 Å². The Morgan fingerprint density at radius 3 is 2.35 bits per heavy atom. The highest BCUT2D eigenvalue weighted by Gasteiger charge is 2.20. The minimum Gasteiger partial charge on any atom is -0.462 e. The third-order valence-corrected chi connectivity index (χ3v) is 4.24. The molecule has 0 saturated heterocycles. The second-order valence-electron chi connectivity index (χ2n) is 6.18. The van der Waals surface area contributed by atoms with Crippen LogP contribution in [0.2, 0.25) is 0 Å². The van der Waals surface area contributed by atoms with E-state index in [9.17, 15) is 14.0 Å². The topological polar surface area (TPSA) is 52.6 Å². The number of rotatable bonds is 7. The Labute approximate surface area is 160 Å². The van der Waals surface area contributed by atoms with Gasteiger partial charge in [0.25, 0.3) is 0 Å². The number of carbonyl (C=O) groups is 2. The van der Waals surface area contributed by atoms with Crippen LogP contribution in [0.4, 0.5) is 4.39 Å². The number of halogens is 2. The van der Waals surface area contributed by atoms with Crippen LogP contribution in [0.3, 0.4) is 0 Å². The lowest BCUT2D eigenvalue weighted by Crippen LogP contribution is -2.16. The molecule has 0 aliphatic rings. The van der Waals surface area contributed by atoms with Gasteiger partial charge in [-0.05, 0) is 65.0 Å². The molecule has 2 aromatic rings. The summed E-state index contributed by atoms with van der Waals surface area (Å²) in [5.74, 6) is -1.05. The quantitative estimate of drug-likeness (QED) is 0.340. The normalized spacial score (nSPS) is 10.7. The maximum absolute atomic E-state index is 13.1. The van der Waals surface area contributed by atoms with Gasteiger partial charge >= 0.3 is 11.9 Å². The van der Waals surface area contributed by atoms with E-state index in [1.54, 1.807) is 12.1 Å². The zero-order valence-electron chi connectivity index (χ0n) is 14.6. The fourth-order valence-electron chi connectivity index (χ4n) is 2.29. The van der Waals surface area contributed by atoms with Gasteiger partial charge in [0, 0.05) is 0 Å². The molecule has 0 aliphatic carbocycles. The highest BCUT2D eigenvalue weighted by molar-refractivity contribution is 9.10. The standard InChI is InChI=1S/C20H20BrFO4/c1-13(2)6-5-11-25-19(23)15-7-3-4-8-16(15)20(24)26-18-10-9-14(22)12-17(18)21/h3-4,7-10,12-13H,5-6,11H2,1-2H3. The van der Waals surface area contributed by atoms with Crippen LogP contribution in [-0.2, 0) is 4.74 Å². The van der Waals surface area contributed by atoms with Crippen LogP contribution < -0.4 is 4.74 Å². The van der Waals surface area contributed by atoms with Gasteiger partial charge in [-0.2, -0.15) is 0 Å². The SMILES string of the molecule is CC(C)CCCOC(=O)c1ccccc1C(=O)Oc1ccc(F)cc1Br. The molecule has 138 valence electrons. The maximum Gasteiger partial charge on any atom is 0.344 e. The Kier molecular flexibility index (Phi) is 7.33. The molecule has 0 spiro atoms. The van der Waals surface area contributed by atoms with E-state index in [2.05, 4.69) is 29.8 Å². The summed E-state index contributed by atoms with van der Waals surface area (Å²) in [6.45, 7) is 4.49. The number of carbonyl (C=O) groups excluding carboxylic acids is 2. The van der Waals surface area contributed by atoms with Gasteiger partial charge in [0.1, 0.15) is 11.6 Å². The van der Waals surface area contributed by atoms with Gasteiger partial charge in [-0.3, -0.25) is 0 Å². The summed E-state index contributed by atoms with van der Waals surface area (Å²) >= 11 is 3.14. The summed E-state index contributed by atoms with van der Waals surface area (Å²) in [5.41, 5.74) is 0.234. The molecular formula is C20H20BrFO4. The van der Waals surface area contributed by atoms with Crippen molar-refractivity contribution in [2.75, 3.05) is 6.61 Å². The number of benzene rings is 2. The van der Waals surface area contributed by atoms with Crippen molar-refractivity contribution in [3.8, 4) is 5.75 Å². The van der Waals surface area contributed by atoms with Crippen LogP contribution in [0, 0.1) is 11.7 Å². The first-order valence-electron chi connectivity index (χ1n) is 8.32. The molecule has 26 heavy (non-hydrogen) atoms. The second kappa shape index (κ2) is 9.48. The average molecular weight is 423 g/mol. The van der Waals surface area contributed by atoms with Gasteiger partial charge in [0.2, 0.25) is 0 Å². The monoisotopic (exact) mass is 422 g/mol. The minimum atomic E-state index is -0.716. The summed E-state index contributed by atoms with van der Waals surface area (Å²) in [4.78, 5) is 24.7. The zero-order chi connectivity index (χ0) is 19.1. The molecule has 0 saturated carbocycles. The molecule has 2 rings (SSSR count). The zero-order valence-corrected chi connectivity index (χ0v) is 16.2. The van der Waals surface area contributed by atoms with E-state index < -0.39 is 17.8 Å². The van der Waals surface area contributed by atoms with Crippen molar-refractivity contribution in [2.24, 2.45) is 5.92 Å². The lowest BCUT2D eigenvalue weighted by molar-refractivity contribution is 0.0486. The van der Waals surface area contributed by atoms with E-state index in [1.165, 1.54) is 30.3 Å². The van der Waals surface area contributed by atoms with Crippen molar-refractivity contribution in [2.45, 2.75) is 26.7 Å². The highest BCUT2D eigenvalue weighted by atomic mass is 79.9. The summed E-state index contributed by atoms with van der Waals surface area (Å²) in [5, 5.41) is 0. The van der Waals surface area contributed by atoms with Crippen molar-refractivity contribution < 1.29 is 23.5 Å². The van der Waals surface area contributed by atoms with Crippen molar-refractivity contribution in [1.82, 2.24) is 0 Å². The molecule has 0 N–H and O–H groups in total. The van der Waals surface area contributed by atoms with E-state index in [0.717, 1.165) is 12.8 Å². The van der Waals surface area contributed by atoms with Gasteiger partial charge in [-0.1, -0.05) is 26.0 Å². The molecule has 0 aromatic heterocycles. The number of hydrogen-bond acceptors (Lipinski definition) is 4. The Morgan fingerprint density at radius 1 is 1.08 bits per heavy atom. The van der Waals surface area contributed by atoms with E-state index in [4.69, 9.17) is 9.47 Å². The molecular weight excluding hydrogens is 403 g/mol. The van der Waals surface area contributed by atoms with Gasteiger partial charge in [0.15, 0.2) is 0 Å². The number of esters is 2. The van der Waals surface area contributed by atoms with E-state index in [-0.39, 0.29) is 16.9 Å². The van der Waals surface area contributed by atoms with Gasteiger partial charge < -0.3 is 9.47 Å². The van der Waals surface area contributed by atoms with Crippen LogP contribution in [0.25, 0.3) is 0 Å². The smallest absolute Gasteiger partial charge is 0.344 e. The molecule has 0 unspecified atom stereocenters. The predicted octanol–water partition coefficient (Wildman–Crippen LogP) is 5.40. The Balaban J connectivity index is 2.09. The lowest BCUT2D eigenvalue weighted by atomic mass is 10.1. The summed E-state index contributed by atoms with van der Waals surface area (Å²) in [6.07, 6.45) is 1.72. The van der Waals surface area contributed by atoms with Crippen LogP contribution in [0.1, 0.15) is 47.4 Å². The fourth-order valence-corrected chi connectivity index (χ4v) is 2.72. The summed E-state index contributed by atoms with van der Waals surface area (Å²) < 4.78 is 24.0. The second-order valence-corrected chi connectivity index (χ2v) is 7.04. The highest BCUT2D eigenvalue weighted by Crippen LogP contribution is 2.26. The number of ether oxygens (including phenoxy) is 2. The van der Waals surface area contributed by atoms with Gasteiger partial charge in [0.05, 0.1) is 22.2 Å². The molecule has 0 amide bonds. The van der Waals surface area contributed by atoms with Crippen LogP contribution in [0.5, 0.6) is 5.75 Å². The summed E-state index contributed by atoms with van der Waals surface area (Å²) in [7, 11) is 0. The van der Waals surface area contributed by atoms with E-state index in [1.807, 2.05) is 0 Å². The largest absolute Gasteiger partial charge is 0.462 e. The maximum atomic E-state index is 13.1. The van der Waals surface area contributed by atoms with Crippen LogP contribution in [-0.4, -0.2) is 18.5 Å². The van der Waals surface area contributed by atoms with E-state index >= 15 is 0 Å². The Hall–Kier alpha value is -2.21. The molecule has 0 fully saturated rings. The molecule has 0 radical (unpaired) electrons.